The quantitative estimate of drug-likeness (QED) is 0.771. The average molecular weight is 369 g/mol. The molecule has 2 atom stereocenters. The number of benzene rings is 1. The highest BCUT2D eigenvalue weighted by Gasteiger charge is 2.40. The fourth-order valence-electron chi connectivity index (χ4n) is 4.11. The van der Waals surface area contributed by atoms with Crippen LogP contribution in [0.5, 0.6) is 0 Å². The highest BCUT2D eigenvalue weighted by Crippen LogP contribution is 2.36. The second-order valence-corrected chi connectivity index (χ2v) is 7.21. The van der Waals surface area contributed by atoms with E-state index in [0.29, 0.717) is 18.8 Å². The molecule has 0 bridgehead atoms. The Bertz CT molecular complexity index is 847. The molecular formula is C20H23N3O4. The van der Waals surface area contributed by atoms with Crippen molar-refractivity contribution in [3.8, 4) is 0 Å². The van der Waals surface area contributed by atoms with Gasteiger partial charge in [0.15, 0.2) is 12.4 Å². The van der Waals surface area contributed by atoms with Crippen LogP contribution in [0.25, 0.3) is 0 Å². The lowest BCUT2D eigenvalue weighted by Gasteiger charge is -2.32. The molecule has 4 rings (SSSR count). The number of anilines is 1. The van der Waals surface area contributed by atoms with E-state index in [0.717, 1.165) is 31.4 Å². The zero-order valence-corrected chi connectivity index (χ0v) is 15.4. The molecule has 0 saturated heterocycles. The molecule has 1 aliphatic heterocycles. The predicted octanol–water partition coefficient (Wildman–Crippen LogP) is 2.82. The molecule has 0 spiro atoms. The van der Waals surface area contributed by atoms with Crippen LogP contribution in [0, 0.1) is 18.8 Å². The molecule has 0 N–H and O–H groups in total. The van der Waals surface area contributed by atoms with Gasteiger partial charge in [0.05, 0.1) is 11.8 Å². The Hall–Kier alpha value is -2.70. The monoisotopic (exact) mass is 369 g/mol. The number of carbonyl (C=O) groups excluding carboxylic acids is 2. The number of para-hydroxylation sites is 1. The predicted molar refractivity (Wildman–Crippen MR) is 96.8 cm³/mol. The minimum atomic E-state index is -0.414. The summed E-state index contributed by atoms with van der Waals surface area (Å²) in [6.07, 6.45) is 4.14. The molecule has 1 aliphatic carbocycles. The first-order chi connectivity index (χ1) is 13.1. The van der Waals surface area contributed by atoms with Gasteiger partial charge in [0.1, 0.15) is 0 Å². The first-order valence-corrected chi connectivity index (χ1v) is 9.48. The van der Waals surface area contributed by atoms with Gasteiger partial charge in [-0.2, -0.15) is 4.98 Å². The minimum absolute atomic E-state index is 0.0373. The van der Waals surface area contributed by atoms with Crippen molar-refractivity contribution in [2.45, 2.75) is 45.6 Å². The standard InChI is InChI=1S/C20H23N3O4/c1-13-21-18(27-22-13)12-26-20(25)16-8-4-3-7-15(16)19(24)23-11-10-14-6-2-5-9-17(14)23/h2,5-6,9,15-16H,3-4,7-8,10-12H2,1H3. The summed E-state index contributed by atoms with van der Waals surface area (Å²) >= 11 is 0. The topological polar surface area (TPSA) is 85.5 Å². The third-order valence-electron chi connectivity index (χ3n) is 5.45. The van der Waals surface area contributed by atoms with Crippen molar-refractivity contribution in [2.75, 3.05) is 11.4 Å². The van der Waals surface area contributed by atoms with Crippen molar-refractivity contribution in [3.05, 3.63) is 41.5 Å². The van der Waals surface area contributed by atoms with Crippen LogP contribution in [0.2, 0.25) is 0 Å². The van der Waals surface area contributed by atoms with E-state index in [1.165, 1.54) is 5.56 Å². The Morgan fingerprint density at radius 2 is 2.00 bits per heavy atom. The molecule has 1 amide bonds. The molecule has 2 aliphatic rings. The first-order valence-electron chi connectivity index (χ1n) is 9.48. The summed E-state index contributed by atoms with van der Waals surface area (Å²) in [4.78, 5) is 31.8. The Morgan fingerprint density at radius 3 is 2.78 bits per heavy atom. The molecule has 142 valence electrons. The molecule has 1 saturated carbocycles. The van der Waals surface area contributed by atoms with E-state index in [4.69, 9.17) is 9.26 Å². The van der Waals surface area contributed by atoms with Gasteiger partial charge < -0.3 is 14.2 Å². The molecule has 1 fully saturated rings. The van der Waals surface area contributed by atoms with Crippen molar-refractivity contribution >= 4 is 17.6 Å². The molecule has 0 radical (unpaired) electrons. The smallest absolute Gasteiger partial charge is 0.310 e. The Morgan fingerprint density at radius 1 is 1.22 bits per heavy atom. The number of rotatable bonds is 4. The summed E-state index contributed by atoms with van der Waals surface area (Å²) in [7, 11) is 0. The van der Waals surface area contributed by atoms with Gasteiger partial charge >= 0.3 is 5.97 Å². The average Bonchev–Trinajstić information content (AvgIpc) is 3.31. The Kier molecular flexibility index (Phi) is 4.92. The second-order valence-electron chi connectivity index (χ2n) is 7.21. The summed E-state index contributed by atoms with van der Waals surface area (Å²) in [6, 6.07) is 7.98. The van der Waals surface area contributed by atoms with E-state index in [2.05, 4.69) is 16.2 Å². The molecule has 1 aromatic carbocycles. The van der Waals surface area contributed by atoms with Crippen molar-refractivity contribution in [1.82, 2.24) is 10.1 Å². The number of aromatic nitrogens is 2. The van der Waals surface area contributed by atoms with Crippen molar-refractivity contribution in [1.29, 1.82) is 0 Å². The van der Waals surface area contributed by atoms with Crippen LogP contribution in [0.15, 0.2) is 28.8 Å². The van der Waals surface area contributed by atoms with Gasteiger partial charge in [0.25, 0.3) is 5.89 Å². The number of fused-ring (bicyclic) bond motifs is 1. The minimum Gasteiger partial charge on any atom is -0.455 e. The number of nitrogens with zero attached hydrogens (tertiary/aromatic N) is 3. The van der Waals surface area contributed by atoms with Gasteiger partial charge in [-0.3, -0.25) is 9.59 Å². The molecule has 1 aromatic heterocycles. The van der Waals surface area contributed by atoms with Gasteiger partial charge in [-0.1, -0.05) is 36.2 Å². The van der Waals surface area contributed by atoms with Gasteiger partial charge in [0.2, 0.25) is 5.91 Å². The van der Waals surface area contributed by atoms with Crippen molar-refractivity contribution < 1.29 is 18.8 Å². The third kappa shape index (κ3) is 3.59. The zero-order valence-electron chi connectivity index (χ0n) is 15.4. The van der Waals surface area contributed by atoms with Gasteiger partial charge in [0, 0.05) is 12.2 Å². The fraction of sp³-hybridized carbons (Fsp3) is 0.500. The van der Waals surface area contributed by atoms with Crippen LogP contribution in [-0.2, 0) is 27.4 Å². The normalized spacial score (nSPS) is 21.7. The highest BCUT2D eigenvalue weighted by atomic mass is 16.6. The van der Waals surface area contributed by atoms with Gasteiger partial charge in [-0.15, -0.1) is 0 Å². The van der Waals surface area contributed by atoms with Crippen LogP contribution in [0.4, 0.5) is 5.69 Å². The summed E-state index contributed by atoms with van der Waals surface area (Å²) in [5.41, 5.74) is 2.16. The number of amides is 1. The second kappa shape index (κ2) is 7.50. The molecule has 2 unspecified atom stereocenters. The van der Waals surface area contributed by atoms with Crippen LogP contribution < -0.4 is 4.90 Å². The largest absolute Gasteiger partial charge is 0.455 e. The lowest BCUT2D eigenvalue weighted by atomic mass is 9.78. The number of aryl methyl sites for hydroxylation is 1. The zero-order chi connectivity index (χ0) is 18.8. The highest BCUT2D eigenvalue weighted by molar-refractivity contribution is 5.99. The molecule has 7 nitrogen and oxygen atoms in total. The van der Waals surface area contributed by atoms with E-state index in [1.54, 1.807) is 6.92 Å². The van der Waals surface area contributed by atoms with Crippen LogP contribution >= 0.6 is 0 Å². The van der Waals surface area contributed by atoms with Crippen molar-refractivity contribution in [3.63, 3.8) is 0 Å². The fourth-order valence-corrected chi connectivity index (χ4v) is 4.11. The lowest BCUT2D eigenvalue weighted by molar-refractivity contribution is -0.156. The molecular weight excluding hydrogens is 346 g/mol. The number of hydrogen-bond acceptors (Lipinski definition) is 6. The molecule has 27 heavy (non-hydrogen) atoms. The lowest BCUT2D eigenvalue weighted by Crippen LogP contribution is -2.42. The van der Waals surface area contributed by atoms with E-state index in [-0.39, 0.29) is 30.3 Å². The van der Waals surface area contributed by atoms with E-state index >= 15 is 0 Å². The summed E-state index contributed by atoms with van der Waals surface area (Å²) < 4.78 is 10.4. The molecule has 2 heterocycles. The Balaban J connectivity index is 1.45. The third-order valence-corrected chi connectivity index (χ3v) is 5.45. The molecule has 7 heteroatoms. The number of ether oxygens (including phenoxy) is 1. The number of esters is 1. The van der Waals surface area contributed by atoms with Crippen LogP contribution in [0.1, 0.15) is 43.0 Å². The maximum Gasteiger partial charge on any atom is 0.310 e. The molecule has 2 aromatic rings. The summed E-state index contributed by atoms with van der Waals surface area (Å²) in [5, 5.41) is 3.69. The SMILES string of the molecule is Cc1noc(COC(=O)C2CCCCC2C(=O)N2CCc3ccccc32)n1. The maximum absolute atomic E-state index is 13.2. The van der Waals surface area contributed by atoms with Gasteiger partial charge in [-0.25, -0.2) is 0 Å². The van der Waals surface area contributed by atoms with Crippen LogP contribution in [0.3, 0.4) is 0 Å². The van der Waals surface area contributed by atoms with Crippen LogP contribution in [-0.4, -0.2) is 28.6 Å². The maximum atomic E-state index is 13.2. The van der Waals surface area contributed by atoms with Crippen molar-refractivity contribution in [2.24, 2.45) is 11.8 Å². The number of carbonyl (C=O) groups is 2. The van der Waals surface area contributed by atoms with Gasteiger partial charge in [-0.05, 0) is 37.8 Å². The van der Waals surface area contributed by atoms with E-state index in [1.807, 2.05) is 23.1 Å². The van der Waals surface area contributed by atoms with E-state index in [9.17, 15) is 9.59 Å². The van der Waals surface area contributed by atoms with E-state index < -0.39 is 5.92 Å². The number of hydrogen-bond donors (Lipinski definition) is 0. The summed E-state index contributed by atoms with van der Waals surface area (Å²) in [5.74, 6) is -0.288. The Labute approximate surface area is 157 Å². The first kappa shape index (κ1) is 17.7. The summed E-state index contributed by atoms with van der Waals surface area (Å²) in [6.45, 7) is 2.33.